The molecule has 0 aliphatic carbocycles. The molecule has 0 saturated carbocycles. The van der Waals surface area contributed by atoms with Crippen LogP contribution >= 0.6 is 0 Å². The van der Waals surface area contributed by atoms with Crippen molar-refractivity contribution in [3.63, 3.8) is 0 Å². The molecular formula is C14H23N3O2. The molecule has 0 bridgehead atoms. The van der Waals surface area contributed by atoms with E-state index in [0.717, 1.165) is 25.3 Å². The summed E-state index contributed by atoms with van der Waals surface area (Å²) in [5.41, 5.74) is 7.10. The lowest BCUT2D eigenvalue weighted by Crippen LogP contribution is -2.32. The third kappa shape index (κ3) is 3.43. The van der Waals surface area contributed by atoms with Gasteiger partial charge in [-0.2, -0.15) is 0 Å². The van der Waals surface area contributed by atoms with E-state index in [2.05, 4.69) is 9.88 Å². The first-order valence-electron chi connectivity index (χ1n) is 6.71. The maximum absolute atomic E-state index is 5.94. The fourth-order valence-corrected chi connectivity index (χ4v) is 2.72. The highest BCUT2D eigenvalue weighted by Gasteiger charge is 2.28. The van der Waals surface area contributed by atoms with Crippen molar-refractivity contribution in [2.45, 2.75) is 12.5 Å². The minimum absolute atomic E-state index is 0.236. The summed E-state index contributed by atoms with van der Waals surface area (Å²) in [6.07, 6.45) is 3.04. The summed E-state index contributed by atoms with van der Waals surface area (Å²) in [5.74, 6) is 1.25. The minimum atomic E-state index is 0.236. The van der Waals surface area contributed by atoms with Crippen molar-refractivity contribution >= 4 is 0 Å². The van der Waals surface area contributed by atoms with Crippen LogP contribution in [0.3, 0.4) is 0 Å². The van der Waals surface area contributed by atoms with Crippen LogP contribution in [0.4, 0.5) is 0 Å². The van der Waals surface area contributed by atoms with Crippen molar-refractivity contribution in [2.24, 2.45) is 11.7 Å². The highest BCUT2D eigenvalue weighted by Crippen LogP contribution is 2.27. The van der Waals surface area contributed by atoms with Crippen LogP contribution in [0.25, 0.3) is 0 Å². The van der Waals surface area contributed by atoms with Gasteiger partial charge in [0.05, 0.1) is 13.7 Å². The molecule has 2 atom stereocenters. The minimum Gasteiger partial charge on any atom is -0.481 e. The number of nitrogens with zero attached hydrogens (tertiary/aromatic N) is 2. The maximum atomic E-state index is 5.94. The van der Waals surface area contributed by atoms with Gasteiger partial charge in [-0.15, -0.1) is 0 Å². The molecule has 2 heterocycles. The molecular weight excluding hydrogens is 242 g/mol. The first-order valence-corrected chi connectivity index (χ1v) is 6.71. The molecule has 19 heavy (non-hydrogen) atoms. The molecule has 1 fully saturated rings. The summed E-state index contributed by atoms with van der Waals surface area (Å²) >= 11 is 0. The number of pyridine rings is 1. The van der Waals surface area contributed by atoms with Crippen molar-refractivity contribution in [2.75, 3.05) is 40.5 Å². The van der Waals surface area contributed by atoms with Crippen LogP contribution in [0.1, 0.15) is 18.0 Å². The number of aromatic nitrogens is 1. The molecule has 1 aromatic rings. The first kappa shape index (κ1) is 14.2. The molecule has 0 spiro atoms. The predicted octanol–water partition coefficient (Wildman–Crippen LogP) is 1.06. The van der Waals surface area contributed by atoms with Crippen molar-refractivity contribution in [1.29, 1.82) is 0 Å². The van der Waals surface area contributed by atoms with Crippen molar-refractivity contribution in [3.8, 4) is 5.88 Å². The molecule has 0 radical (unpaired) electrons. The lowest BCUT2D eigenvalue weighted by Gasteiger charge is -2.27. The van der Waals surface area contributed by atoms with E-state index < -0.39 is 0 Å². The number of hydrogen-bond acceptors (Lipinski definition) is 5. The Morgan fingerprint density at radius 2 is 2.32 bits per heavy atom. The van der Waals surface area contributed by atoms with E-state index in [1.165, 1.54) is 6.42 Å². The zero-order chi connectivity index (χ0) is 13.7. The summed E-state index contributed by atoms with van der Waals surface area (Å²) in [6, 6.07) is 4.17. The fourth-order valence-electron chi connectivity index (χ4n) is 2.72. The summed E-state index contributed by atoms with van der Waals surface area (Å²) in [4.78, 5) is 6.69. The zero-order valence-electron chi connectivity index (χ0n) is 11.7. The van der Waals surface area contributed by atoms with E-state index in [0.29, 0.717) is 18.3 Å². The SMILES string of the molecule is COCC1CCN(C(CN)c2ccc(OC)nc2)C1. The molecule has 1 aliphatic rings. The van der Waals surface area contributed by atoms with E-state index in [9.17, 15) is 0 Å². The van der Waals surface area contributed by atoms with Gasteiger partial charge in [0.2, 0.25) is 5.88 Å². The second-order valence-electron chi connectivity index (χ2n) is 4.99. The number of hydrogen-bond donors (Lipinski definition) is 1. The highest BCUT2D eigenvalue weighted by atomic mass is 16.5. The lowest BCUT2D eigenvalue weighted by atomic mass is 10.1. The Kier molecular flexibility index (Phi) is 5.13. The quantitative estimate of drug-likeness (QED) is 0.833. The molecule has 1 aromatic heterocycles. The summed E-state index contributed by atoms with van der Waals surface area (Å²) in [6.45, 7) is 3.55. The molecule has 1 aliphatic heterocycles. The molecule has 2 unspecified atom stereocenters. The topological polar surface area (TPSA) is 60.6 Å². The van der Waals surface area contributed by atoms with Crippen LogP contribution in [-0.4, -0.2) is 50.3 Å². The van der Waals surface area contributed by atoms with Crippen molar-refractivity contribution in [3.05, 3.63) is 23.9 Å². The van der Waals surface area contributed by atoms with Gasteiger partial charge in [-0.05, 0) is 24.4 Å². The Morgan fingerprint density at radius 3 is 2.89 bits per heavy atom. The van der Waals surface area contributed by atoms with Gasteiger partial charge in [-0.1, -0.05) is 6.07 Å². The Morgan fingerprint density at radius 1 is 1.47 bits per heavy atom. The van der Waals surface area contributed by atoms with Crippen LogP contribution in [-0.2, 0) is 4.74 Å². The van der Waals surface area contributed by atoms with Gasteiger partial charge in [0.1, 0.15) is 0 Å². The van der Waals surface area contributed by atoms with E-state index in [1.54, 1.807) is 14.2 Å². The average molecular weight is 265 g/mol. The normalized spacial score (nSPS) is 21.5. The smallest absolute Gasteiger partial charge is 0.212 e. The standard InChI is InChI=1S/C14H23N3O2/c1-18-10-11-5-6-17(9-11)13(7-15)12-3-4-14(19-2)16-8-12/h3-4,8,11,13H,5-7,9-10,15H2,1-2H3. The zero-order valence-corrected chi connectivity index (χ0v) is 11.7. The van der Waals surface area contributed by atoms with Crippen molar-refractivity contribution < 1.29 is 9.47 Å². The molecule has 0 amide bonds. The van der Waals surface area contributed by atoms with Gasteiger partial charge in [-0.25, -0.2) is 4.98 Å². The van der Waals surface area contributed by atoms with E-state index >= 15 is 0 Å². The second kappa shape index (κ2) is 6.84. The van der Waals surface area contributed by atoms with Crippen LogP contribution in [0.2, 0.25) is 0 Å². The largest absolute Gasteiger partial charge is 0.481 e. The van der Waals surface area contributed by atoms with E-state index in [4.69, 9.17) is 15.2 Å². The van der Waals surface area contributed by atoms with E-state index in [-0.39, 0.29) is 6.04 Å². The summed E-state index contributed by atoms with van der Waals surface area (Å²) < 4.78 is 10.3. The number of nitrogens with two attached hydrogens (primary N) is 1. The van der Waals surface area contributed by atoms with Gasteiger partial charge in [0.15, 0.2) is 0 Å². The van der Waals surface area contributed by atoms with Crippen LogP contribution < -0.4 is 10.5 Å². The molecule has 5 heteroatoms. The van der Waals surface area contributed by atoms with Crippen LogP contribution in [0, 0.1) is 5.92 Å². The van der Waals surface area contributed by atoms with Crippen LogP contribution in [0.5, 0.6) is 5.88 Å². The van der Waals surface area contributed by atoms with Gasteiger partial charge >= 0.3 is 0 Å². The number of methoxy groups -OCH3 is 2. The lowest BCUT2D eigenvalue weighted by molar-refractivity contribution is 0.147. The molecule has 2 rings (SSSR count). The van der Waals surface area contributed by atoms with Crippen LogP contribution in [0.15, 0.2) is 18.3 Å². The van der Waals surface area contributed by atoms with Gasteiger partial charge < -0.3 is 15.2 Å². The Labute approximate surface area is 114 Å². The monoisotopic (exact) mass is 265 g/mol. The highest BCUT2D eigenvalue weighted by molar-refractivity contribution is 5.21. The van der Waals surface area contributed by atoms with Gasteiger partial charge in [0, 0.05) is 38.5 Å². The van der Waals surface area contributed by atoms with Gasteiger partial charge in [0.25, 0.3) is 0 Å². The number of likely N-dealkylation sites (tertiary alicyclic amines) is 1. The van der Waals surface area contributed by atoms with E-state index in [1.807, 2.05) is 18.3 Å². The maximum Gasteiger partial charge on any atom is 0.212 e. The Hall–Kier alpha value is -1.17. The van der Waals surface area contributed by atoms with Crippen molar-refractivity contribution in [1.82, 2.24) is 9.88 Å². The fraction of sp³-hybridized carbons (Fsp3) is 0.643. The summed E-state index contributed by atoms with van der Waals surface area (Å²) in [7, 11) is 3.38. The molecule has 0 aromatic carbocycles. The number of ether oxygens (including phenoxy) is 2. The molecule has 5 nitrogen and oxygen atoms in total. The summed E-state index contributed by atoms with van der Waals surface area (Å²) in [5, 5.41) is 0. The Bertz CT molecular complexity index is 383. The second-order valence-corrected chi connectivity index (χ2v) is 4.99. The third-order valence-corrected chi connectivity index (χ3v) is 3.74. The third-order valence-electron chi connectivity index (χ3n) is 3.74. The molecule has 2 N–H and O–H groups in total. The average Bonchev–Trinajstić information content (AvgIpc) is 2.89. The number of rotatable bonds is 6. The predicted molar refractivity (Wildman–Crippen MR) is 74.1 cm³/mol. The molecule has 106 valence electrons. The first-order chi connectivity index (χ1) is 9.28. The Balaban J connectivity index is 2.03. The van der Waals surface area contributed by atoms with Gasteiger partial charge in [-0.3, -0.25) is 4.90 Å². The molecule has 1 saturated heterocycles.